The number of ketones is 2. The molecule has 3 saturated heterocycles. The van der Waals surface area contributed by atoms with Gasteiger partial charge in [-0.1, -0.05) is 139 Å². The molecule has 8 amide bonds. The van der Waals surface area contributed by atoms with Gasteiger partial charge in [0.15, 0.2) is 28.9 Å². The number of nitrogens with zero attached hydrogens (tertiary/aromatic N) is 2. The SMILES string of the molecule is CC(=O)O[C@@]12CO[C@@H]1C[C@H](O)[C@@]1(C)C(=O)[C@H](O)C3=C(C)[C@@H](OC(=O)[C@H](OC(=O)CCN4C(=O)CC(C)C4=O)[C@@H](NC(=O)OC(C)(C)C)c4ccccc4)C[C@@](O)([C@@H](OC(=O)c4ccccc4)[C@H]21)C3(C)C.CC(=O)O[C@@]12CO[C@@H]1C[C@H](O)[C@@]1(C)C(=O)[C@H](O)C3=C(C)[C@@H](OC(=O)[C@H](OCCCN4C(=O)C=CC4=O)[C@@H](NC(=O)OC(C)(C)C)c4ccccc4)C[C@@](O)([C@@H](OC(=O)c4ccccc4)[C@H]21)C3(C)C.CCS.NC=O.NC=O. The molecule has 4 aromatic carbocycles. The lowest BCUT2D eigenvalue weighted by Gasteiger charge is -2.67. The molecule has 41 nitrogen and oxygen atoms in total. The van der Waals surface area contributed by atoms with Crippen LogP contribution in [0.1, 0.15) is 213 Å². The van der Waals surface area contributed by atoms with E-state index in [0.29, 0.717) is 5.56 Å². The van der Waals surface area contributed by atoms with Crippen molar-refractivity contribution >= 4 is 115 Å². The van der Waals surface area contributed by atoms with Crippen LogP contribution in [0.5, 0.6) is 0 Å². The average Bonchev–Trinajstić information content (AvgIpc) is 0.923. The third kappa shape index (κ3) is 23.6. The molecule has 4 saturated carbocycles. The first-order valence-electron chi connectivity index (χ1n) is 48.2. The van der Waals surface area contributed by atoms with Crippen molar-refractivity contribution in [2.24, 2.45) is 50.9 Å². The molecule has 4 aromatic rings. The normalized spacial score (nSPS) is 30.2. The number of amides is 8. The van der Waals surface area contributed by atoms with Crippen molar-refractivity contribution in [1.82, 2.24) is 20.4 Å². The maximum atomic E-state index is 15.2. The Morgan fingerprint density at radius 3 is 1.23 bits per heavy atom. The second kappa shape index (κ2) is 46.5. The number of aliphatic hydroxyl groups excluding tert-OH is 4. The lowest BCUT2D eigenvalue weighted by atomic mass is 9.44. The van der Waals surface area contributed by atoms with Crippen LogP contribution in [0.25, 0.3) is 0 Å². The number of fused-ring (bicyclic) bond motifs is 10. The van der Waals surface area contributed by atoms with E-state index >= 15 is 19.2 Å². The Morgan fingerprint density at radius 1 is 0.544 bits per heavy atom. The number of nitrogens with one attached hydrogen (secondary N) is 2. The van der Waals surface area contributed by atoms with Gasteiger partial charge >= 0.3 is 54.0 Å². The largest absolute Gasteiger partial charge is 0.456 e. The second-order valence-electron chi connectivity index (χ2n) is 41.3. The minimum atomic E-state index is -2.47. The van der Waals surface area contributed by atoms with Crippen LogP contribution in [0, 0.1) is 39.4 Å². The summed E-state index contributed by atoms with van der Waals surface area (Å²) in [5.41, 5.74) is -8.93. The van der Waals surface area contributed by atoms with E-state index in [0.717, 1.165) is 41.6 Å². The van der Waals surface area contributed by atoms with Gasteiger partial charge in [-0.25, -0.2) is 28.8 Å². The number of carbonyl (C=O) groups excluding carboxylic acids is 17. The Bertz CT molecular complexity index is 5670. The standard InChI is InChI=1S/C51H62N2O17.C50H60N2O16.C2H6S.2CH3NO/c1-26-22-34(56)53(43(26)60)21-20-35(57)67-39(37(29-16-12-10-13-17-29)52-46(63)70-47(4,5)6)45(62)66-31-24-51(64)42(68-44(61)30-18-14-11-15-19-30)40-49(9,41(59)38(58)36(27(31)2)48(51,7)8)32(55)23-33-50(40,25-65-33)69-28(3)54;1-27-31(65-44(60)39(63-23-15-22-52-34(55)20-21-35(52)56)37(29-16-11-9-12-17-29)51-45(61)68-46(3,4)5)25-50(62)42(66-43(59)30-18-13-10-14-19-30)40-48(8,41(58)38(57)36(27)47(50,6)7)32(54)24-33-49(40,26-64-33)67-28(2)53;1-2-3;2*2-1-3/h10-19,26,31-33,37-40,42,55,58,64H,20-25H2,1-9H3,(H,52,63);9-14,16-21,31-33,37-40,42,54,57,62H,15,22-26H2,1-8H3,(H,51,61);3H,2H2,1H3;2*1H,(H2,2,3)/t26?,31-,32-,33+,37-,38+,39+,40-,42-,49+,50-,51+;31-,32-,33+,37-,38+,39+,40-,42-,48+,49-,50+;;;/m00.../s1. The molecule has 12 N–H and O–H groups in total. The van der Waals surface area contributed by atoms with Crippen LogP contribution in [-0.4, -0.2) is 288 Å². The molecule has 42 heteroatoms. The van der Waals surface area contributed by atoms with Gasteiger partial charge in [-0.3, -0.25) is 62.5 Å². The minimum absolute atomic E-state index is 0.0335. The zero-order valence-electron chi connectivity index (χ0n) is 85.4. The summed E-state index contributed by atoms with van der Waals surface area (Å²) >= 11 is 3.79. The van der Waals surface area contributed by atoms with Crippen LogP contribution in [0.4, 0.5) is 9.59 Å². The maximum absolute atomic E-state index is 15.2. The molecular weight excluding hydrogens is 1940 g/mol. The fraction of sp³-hybridized carbons (Fsp3) is 0.552. The molecule has 1 unspecified atom stereocenters. The van der Waals surface area contributed by atoms with Crippen LogP contribution in [0.2, 0.25) is 0 Å². The fourth-order valence-electron chi connectivity index (χ4n) is 21.9. The van der Waals surface area contributed by atoms with E-state index in [9.17, 15) is 83.4 Å². The van der Waals surface area contributed by atoms with Gasteiger partial charge in [-0.15, -0.1) is 0 Å². The Labute approximate surface area is 855 Å². The Morgan fingerprint density at radius 2 is 0.898 bits per heavy atom. The number of aliphatic hydroxyl groups is 6. The Balaban J connectivity index is 0.000000279. The number of carbonyl (C=O) groups is 17. The monoisotopic (exact) mass is 2070 g/mol. The van der Waals surface area contributed by atoms with Crippen molar-refractivity contribution in [3.8, 4) is 0 Å². The van der Waals surface area contributed by atoms with Crippen LogP contribution in [-0.2, 0) is 119 Å². The molecule has 0 spiro atoms. The number of alkyl carbamates (subject to hydrolysis) is 2. The van der Waals surface area contributed by atoms with E-state index in [4.69, 9.17) is 66.4 Å². The van der Waals surface area contributed by atoms with Crippen LogP contribution in [0.3, 0.4) is 0 Å². The van der Waals surface area contributed by atoms with Crippen molar-refractivity contribution in [1.29, 1.82) is 0 Å². The highest BCUT2D eigenvalue weighted by Gasteiger charge is 2.81. The number of thiol groups is 1. The Kier molecular flexibility index (Phi) is 36.8. The summed E-state index contributed by atoms with van der Waals surface area (Å²) in [6, 6.07) is 29.0. The number of hydrogen-bond acceptors (Lipinski definition) is 36. The van der Waals surface area contributed by atoms with E-state index in [-0.39, 0.29) is 110 Å². The zero-order valence-corrected chi connectivity index (χ0v) is 86.3. The maximum Gasteiger partial charge on any atom is 0.408 e. The number of benzene rings is 4. The van der Waals surface area contributed by atoms with Gasteiger partial charge in [0, 0.05) is 94.5 Å². The highest BCUT2D eigenvalue weighted by Crippen LogP contribution is 2.67. The van der Waals surface area contributed by atoms with Gasteiger partial charge < -0.3 is 110 Å². The summed E-state index contributed by atoms with van der Waals surface area (Å²) < 4.78 is 72.5. The second-order valence-corrected chi connectivity index (χ2v) is 41.9. The number of rotatable bonds is 25. The van der Waals surface area contributed by atoms with Crippen LogP contribution in [0.15, 0.2) is 156 Å². The molecule has 0 aromatic heterocycles. The number of primary amides is 2. The first-order chi connectivity index (χ1) is 68.8. The van der Waals surface area contributed by atoms with Crippen LogP contribution < -0.4 is 22.1 Å². The third-order valence-corrected chi connectivity index (χ3v) is 29.1. The van der Waals surface area contributed by atoms with E-state index < -0.39 is 267 Å². The van der Waals surface area contributed by atoms with Crippen molar-refractivity contribution in [2.45, 2.75) is 289 Å². The summed E-state index contributed by atoms with van der Waals surface area (Å²) in [4.78, 5) is 225. The lowest BCUT2D eigenvalue weighted by Crippen LogP contribution is -2.81. The molecule has 6 aliphatic carbocycles. The molecule has 0 radical (unpaired) electrons. The van der Waals surface area contributed by atoms with Gasteiger partial charge in [0.1, 0.15) is 77.3 Å². The topological polar surface area (TPSA) is 605 Å². The summed E-state index contributed by atoms with van der Waals surface area (Å²) in [7, 11) is 0. The average molecular weight is 2070 g/mol. The van der Waals surface area contributed by atoms with Crippen LogP contribution >= 0.6 is 12.6 Å². The quantitative estimate of drug-likeness (QED) is 0.00656. The number of nitrogens with two attached hydrogens (primary N) is 2. The molecule has 4 aliphatic heterocycles. The molecule has 147 heavy (non-hydrogen) atoms. The highest BCUT2D eigenvalue weighted by atomic mass is 32.1. The summed E-state index contributed by atoms with van der Waals surface area (Å²) in [5.74, 6) is -13.7. The zero-order chi connectivity index (χ0) is 109. The van der Waals surface area contributed by atoms with Gasteiger partial charge in [-0.05, 0) is 139 Å². The molecule has 10 aliphatic rings. The summed E-state index contributed by atoms with van der Waals surface area (Å²) in [6.45, 7) is 26.1. The van der Waals surface area contributed by atoms with Gasteiger partial charge in [0.25, 0.3) is 11.8 Å². The highest BCUT2D eigenvalue weighted by molar-refractivity contribution is 7.80. The number of imide groups is 2. The van der Waals surface area contributed by atoms with E-state index in [2.05, 4.69) is 34.7 Å². The van der Waals surface area contributed by atoms with Crippen molar-refractivity contribution in [3.63, 3.8) is 0 Å². The molecule has 7 fully saturated rings. The van der Waals surface area contributed by atoms with Gasteiger partial charge in [0.2, 0.25) is 30.7 Å². The first-order valence-corrected chi connectivity index (χ1v) is 48.9. The molecule has 800 valence electrons. The lowest BCUT2D eigenvalue weighted by molar-refractivity contribution is -0.346. The first kappa shape index (κ1) is 116. The molecular formula is C105H134N6O35S. The number of Topliss-reactive ketones (excluding diaryl/α,β-unsaturated/α-hetero) is 2. The molecule has 4 bridgehead atoms. The van der Waals surface area contributed by atoms with E-state index in [1.807, 2.05) is 6.92 Å². The number of likely N-dealkylation sites (tertiary alicyclic amines) is 1. The number of hydrogen-bond donors (Lipinski definition) is 11. The van der Waals surface area contributed by atoms with E-state index in [1.54, 1.807) is 147 Å². The minimum Gasteiger partial charge on any atom is -0.456 e. The summed E-state index contributed by atoms with van der Waals surface area (Å²) in [6.07, 6.45) is -21.3. The smallest absolute Gasteiger partial charge is 0.408 e. The van der Waals surface area contributed by atoms with E-state index in [1.165, 1.54) is 77.9 Å². The van der Waals surface area contributed by atoms with Crippen molar-refractivity contribution in [2.75, 3.05) is 38.7 Å². The third-order valence-electron chi connectivity index (χ3n) is 29.1. The predicted octanol–water partition coefficient (Wildman–Crippen LogP) is 6.33. The Hall–Kier alpha value is -12.5. The van der Waals surface area contributed by atoms with Crippen molar-refractivity contribution in [3.05, 3.63) is 178 Å². The van der Waals surface area contributed by atoms with Gasteiger partial charge in [-0.2, -0.15) is 12.6 Å². The van der Waals surface area contributed by atoms with Gasteiger partial charge in [0.05, 0.1) is 71.7 Å². The predicted molar refractivity (Wildman–Crippen MR) is 520 cm³/mol. The number of ether oxygens (including phenoxy) is 12. The fourth-order valence-corrected chi connectivity index (χ4v) is 21.9. The molecule has 4 heterocycles. The number of esters is 7. The molecule has 23 atom stereocenters. The molecule has 14 rings (SSSR count). The summed E-state index contributed by atoms with van der Waals surface area (Å²) in [5, 5.41) is 81.6. The van der Waals surface area contributed by atoms with Crippen molar-refractivity contribution < 1.29 is 169 Å².